The number of aliphatic carboxylic acids is 2. The highest BCUT2D eigenvalue weighted by molar-refractivity contribution is 6.16. The molecule has 1 aromatic rings. The summed E-state index contributed by atoms with van der Waals surface area (Å²) in [6.07, 6.45) is 2.60. The Morgan fingerprint density at radius 2 is 1.83 bits per heavy atom. The highest BCUT2D eigenvalue weighted by Gasteiger charge is 2.16. The van der Waals surface area contributed by atoms with Crippen LogP contribution in [0, 0.1) is 0 Å². The van der Waals surface area contributed by atoms with Crippen LogP contribution in [0.5, 0.6) is 5.75 Å². The van der Waals surface area contributed by atoms with Gasteiger partial charge in [0.1, 0.15) is 17.9 Å². The fraction of sp³-hybridized carbons (Fsp3) is 0.0769. The zero-order chi connectivity index (χ0) is 13.5. The Morgan fingerprint density at radius 1 is 1.22 bits per heavy atom. The Labute approximate surface area is 104 Å². The highest BCUT2D eigenvalue weighted by atomic mass is 16.5. The lowest BCUT2D eigenvalue weighted by Crippen LogP contribution is -2.11. The van der Waals surface area contributed by atoms with Gasteiger partial charge in [-0.05, 0) is 12.1 Å². The van der Waals surface area contributed by atoms with Crippen molar-refractivity contribution >= 4 is 18.0 Å². The second kappa shape index (κ2) is 6.24. The van der Waals surface area contributed by atoms with E-state index in [2.05, 4.69) is 6.58 Å². The van der Waals surface area contributed by atoms with Gasteiger partial charge in [0.2, 0.25) is 0 Å². The number of carbonyl (C=O) groups is 2. The maximum Gasteiger partial charge on any atom is 0.343 e. The average Bonchev–Trinajstić information content (AvgIpc) is 2.33. The summed E-state index contributed by atoms with van der Waals surface area (Å²) in [4.78, 5) is 21.5. The lowest BCUT2D eigenvalue weighted by atomic mass is 10.1. The van der Waals surface area contributed by atoms with Gasteiger partial charge in [0.25, 0.3) is 0 Å². The van der Waals surface area contributed by atoms with Crippen molar-refractivity contribution < 1.29 is 24.5 Å². The van der Waals surface area contributed by atoms with E-state index in [0.717, 1.165) is 6.08 Å². The Balaban J connectivity index is 3.15. The minimum Gasteiger partial charge on any atom is -0.489 e. The Kier molecular flexibility index (Phi) is 4.68. The van der Waals surface area contributed by atoms with E-state index < -0.39 is 17.5 Å². The summed E-state index contributed by atoms with van der Waals surface area (Å²) in [5, 5.41) is 17.5. The third kappa shape index (κ3) is 3.48. The number of rotatable bonds is 6. The predicted octanol–water partition coefficient (Wildman–Crippen LogP) is 1.80. The smallest absolute Gasteiger partial charge is 0.343 e. The van der Waals surface area contributed by atoms with Crippen LogP contribution in [0.3, 0.4) is 0 Å². The van der Waals surface area contributed by atoms with Crippen molar-refractivity contribution in [3.05, 3.63) is 48.1 Å². The maximum atomic E-state index is 10.8. The molecule has 0 atom stereocenters. The molecule has 1 aromatic carbocycles. The molecule has 1 rings (SSSR count). The quantitative estimate of drug-likeness (QED) is 0.347. The van der Waals surface area contributed by atoms with Crippen molar-refractivity contribution in [2.45, 2.75) is 0 Å². The van der Waals surface area contributed by atoms with Gasteiger partial charge in [-0.3, -0.25) is 0 Å². The van der Waals surface area contributed by atoms with Crippen molar-refractivity contribution in [3.63, 3.8) is 0 Å². The van der Waals surface area contributed by atoms with Gasteiger partial charge in [-0.1, -0.05) is 30.9 Å². The molecule has 94 valence electrons. The number of benzene rings is 1. The third-order valence-electron chi connectivity index (χ3n) is 2.04. The highest BCUT2D eigenvalue weighted by Crippen LogP contribution is 2.21. The standard InChI is InChI=1S/C13H12O5/c1-2-7-18-11-6-4-3-5-9(11)8-10(12(14)15)13(16)17/h2-6,8H,1,7H2,(H,14,15)(H,16,17). The molecule has 0 amide bonds. The molecule has 0 aromatic heterocycles. The van der Waals surface area contributed by atoms with Crippen molar-refractivity contribution in [1.29, 1.82) is 0 Å². The molecule has 2 N–H and O–H groups in total. The molecular formula is C13H12O5. The van der Waals surface area contributed by atoms with Gasteiger partial charge >= 0.3 is 11.9 Å². The molecular weight excluding hydrogens is 236 g/mol. The van der Waals surface area contributed by atoms with Gasteiger partial charge in [-0.15, -0.1) is 0 Å². The first-order valence-corrected chi connectivity index (χ1v) is 5.07. The van der Waals surface area contributed by atoms with Crippen LogP contribution in [0.2, 0.25) is 0 Å². The summed E-state index contributed by atoms with van der Waals surface area (Å²) >= 11 is 0. The summed E-state index contributed by atoms with van der Waals surface area (Å²) in [7, 11) is 0. The molecule has 0 unspecified atom stereocenters. The van der Waals surface area contributed by atoms with Crippen molar-refractivity contribution in [3.8, 4) is 5.75 Å². The minimum absolute atomic E-state index is 0.250. The molecule has 18 heavy (non-hydrogen) atoms. The van der Waals surface area contributed by atoms with Crippen LogP contribution in [-0.4, -0.2) is 28.8 Å². The number of hydrogen-bond acceptors (Lipinski definition) is 3. The van der Waals surface area contributed by atoms with Gasteiger partial charge in [0.15, 0.2) is 0 Å². The lowest BCUT2D eigenvalue weighted by Gasteiger charge is -2.07. The van der Waals surface area contributed by atoms with Gasteiger partial charge in [-0.25, -0.2) is 9.59 Å². The van der Waals surface area contributed by atoms with E-state index in [9.17, 15) is 9.59 Å². The van der Waals surface area contributed by atoms with Gasteiger partial charge < -0.3 is 14.9 Å². The fourth-order valence-electron chi connectivity index (χ4n) is 1.25. The molecule has 5 heteroatoms. The van der Waals surface area contributed by atoms with Gasteiger partial charge in [-0.2, -0.15) is 0 Å². The van der Waals surface area contributed by atoms with Crippen LogP contribution < -0.4 is 4.74 Å². The first kappa shape index (κ1) is 13.5. The number of ether oxygens (including phenoxy) is 1. The lowest BCUT2D eigenvalue weighted by molar-refractivity contribution is -0.139. The second-order valence-corrected chi connectivity index (χ2v) is 3.31. The molecule has 0 fully saturated rings. The van der Waals surface area contributed by atoms with E-state index in [1.54, 1.807) is 24.3 Å². The van der Waals surface area contributed by atoms with Crippen LogP contribution in [0.4, 0.5) is 0 Å². The molecule has 0 spiro atoms. The van der Waals surface area contributed by atoms with Crippen molar-refractivity contribution in [1.82, 2.24) is 0 Å². The molecule has 0 aliphatic carbocycles. The van der Waals surface area contributed by atoms with Crippen LogP contribution in [0.25, 0.3) is 6.08 Å². The SMILES string of the molecule is C=CCOc1ccccc1C=C(C(=O)O)C(=O)O. The van der Waals surface area contributed by atoms with E-state index in [-0.39, 0.29) is 6.61 Å². The second-order valence-electron chi connectivity index (χ2n) is 3.31. The zero-order valence-electron chi connectivity index (χ0n) is 9.50. The van der Waals surface area contributed by atoms with E-state index in [0.29, 0.717) is 11.3 Å². The minimum atomic E-state index is -1.50. The van der Waals surface area contributed by atoms with Crippen molar-refractivity contribution in [2.24, 2.45) is 0 Å². The van der Waals surface area contributed by atoms with Gasteiger partial charge in [0, 0.05) is 5.56 Å². The molecule has 0 aliphatic heterocycles. The van der Waals surface area contributed by atoms with Gasteiger partial charge in [0.05, 0.1) is 0 Å². The summed E-state index contributed by atoms with van der Waals surface area (Å²) in [6.45, 7) is 3.74. The van der Waals surface area contributed by atoms with Crippen LogP contribution in [0.1, 0.15) is 5.56 Å². The van der Waals surface area contributed by atoms with E-state index in [1.807, 2.05) is 0 Å². The summed E-state index contributed by atoms with van der Waals surface area (Å²) in [6, 6.07) is 6.56. The van der Waals surface area contributed by atoms with E-state index in [4.69, 9.17) is 14.9 Å². The predicted molar refractivity (Wildman–Crippen MR) is 65.4 cm³/mol. The first-order chi connectivity index (χ1) is 8.56. The fourth-order valence-corrected chi connectivity index (χ4v) is 1.25. The Bertz CT molecular complexity index is 486. The van der Waals surface area contributed by atoms with E-state index >= 15 is 0 Å². The number of carboxylic acid groups (broad SMARTS) is 2. The topological polar surface area (TPSA) is 83.8 Å². The monoisotopic (exact) mass is 248 g/mol. The van der Waals surface area contributed by atoms with Crippen LogP contribution >= 0.6 is 0 Å². The summed E-state index contributed by atoms with van der Waals surface area (Å²) in [5.74, 6) is -2.60. The van der Waals surface area contributed by atoms with E-state index in [1.165, 1.54) is 6.08 Å². The van der Waals surface area contributed by atoms with Crippen LogP contribution in [-0.2, 0) is 9.59 Å². The molecule has 0 aliphatic rings. The maximum absolute atomic E-state index is 10.8. The molecule has 5 nitrogen and oxygen atoms in total. The van der Waals surface area contributed by atoms with Crippen LogP contribution in [0.15, 0.2) is 42.5 Å². The Morgan fingerprint density at radius 3 is 2.39 bits per heavy atom. The number of para-hydroxylation sites is 1. The number of hydrogen-bond donors (Lipinski definition) is 2. The largest absolute Gasteiger partial charge is 0.489 e. The Hall–Kier alpha value is -2.56. The molecule has 0 saturated carbocycles. The first-order valence-electron chi connectivity index (χ1n) is 5.07. The summed E-state index contributed by atoms with van der Waals surface area (Å²) in [5.41, 5.74) is -0.330. The molecule has 0 bridgehead atoms. The average molecular weight is 248 g/mol. The normalized spacial score (nSPS) is 9.33. The molecule has 0 heterocycles. The number of carboxylic acids is 2. The summed E-state index contributed by atoms with van der Waals surface area (Å²) < 4.78 is 5.30. The molecule has 0 radical (unpaired) electrons. The zero-order valence-corrected chi connectivity index (χ0v) is 9.50. The van der Waals surface area contributed by atoms with Crippen molar-refractivity contribution in [2.75, 3.05) is 6.61 Å². The third-order valence-corrected chi connectivity index (χ3v) is 2.04. The molecule has 0 saturated heterocycles.